The Balaban J connectivity index is 1.87. The molecule has 0 unspecified atom stereocenters. The van der Waals surface area contributed by atoms with Crippen molar-refractivity contribution in [3.63, 3.8) is 0 Å². The molecule has 2 aromatic heterocycles. The Bertz CT molecular complexity index is 742. The Morgan fingerprint density at radius 1 is 1.20 bits per heavy atom. The summed E-state index contributed by atoms with van der Waals surface area (Å²) >= 11 is 1.84. The third kappa shape index (κ3) is 2.47. The van der Waals surface area contributed by atoms with Gasteiger partial charge in [0.05, 0.1) is 5.52 Å². The van der Waals surface area contributed by atoms with Gasteiger partial charge >= 0.3 is 0 Å². The first-order valence-corrected chi connectivity index (χ1v) is 7.39. The number of thiophene rings is 1. The summed E-state index contributed by atoms with van der Waals surface area (Å²) in [6.45, 7) is 5.15. The maximum absolute atomic E-state index is 5.80. The normalized spacial score (nSPS) is 10.9. The van der Waals surface area contributed by atoms with Crippen LogP contribution in [-0.2, 0) is 6.54 Å². The Morgan fingerprint density at radius 2 is 2.05 bits per heavy atom. The topological polar surface area (TPSA) is 50.9 Å². The van der Waals surface area contributed by atoms with Crippen LogP contribution in [0.15, 0.2) is 36.5 Å². The highest BCUT2D eigenvalue weighted by atomic mass is 32.1. The third-order valence-corrected chi connectivity index (χ3v) is 4.59. The summed E-state index contributed by atoms with van der Waals surface area (Å²) in [7, 11) is 0. The fourth-order valence-corrected chi connectivity index (χ4v) is 3.23. The fourth-order valence-electron chi connectivity index (χ4n) is 2.24. The molecule has 3 aromatic rings. The van der Waals surface area contributed by atoms with Gasteiger partial charge in [0, 0.05) is 39.3 Å². The van der Waals surface area contributed by atoms with Crippen LogP contribution in [0.2, 0.25) is 0 Å². The first-order chi connectivity index (χ1) is 9.63. The van der Waals surface area contributed by atoms with Crippen LogP contribution in [0, 0.1) is 13.8 Å². The Kier molecular flexibility index (Phi) is 3.32. The second-order valence-corrected chi connectivity index (χ2v) is 6.28. The summed E-state index contributed by atoms with van der Waals surface area (Å²) in [5.41, 5.74) is 9.92. The van der Waals surface area contributed by atoms with Crippen LogP contribution in [0.3, 0.4) is 0 Å². The lowest BCUT2D eigenvalue weighted by molar-refractivity contribution is 1.19. The Morgan fingerprint density at radius 3 is 2.80 bits per heavy atom. The third-order valence-electron chi connectivity index (χ3n) is 3.44. The van der Waals surface area contributed by atoms with Crippen molar-refractivity contribution < 1.29 is 0 Å². The van der Waals surface area contributed by atoms with Crippen molar-refractivity contribution in [2.45, 2.75) is 20.4 Å². The number of nitrogens with one attached hydrogen (secondary N) is 1. The minimum atomic E-state index is 0.742. The number of fused-ring (bicyclic) bond motifs is 1. The van der Waals surface area contributed by atoms with Crippen LogP contribution in [-0.4, -0.2) is 4.98 Å². The predicted octanol–water partition coefficient (Wildman–Crippen LogP) is 4.11. The quantitative estimate of drug-likeness (QED) is 0.711. The second-order valence-electron chi connectivity index (χ2n) is 4.94. The van der Waals surface area contributed by atoms with E-state index in [1.165, 1.54) is 15.3 Å². The van der Waals surface area contributed by atoms with E-state index in [1.807, 2.05) is 41.8 Å². The number of nitrogen functional groups attached to an aromatic ring is 1. The minimum absolute atomic E-state index is 0.742. The lowest BCUT2D eigenvalue weighted by Gasteiger charge is -2.08. The number of rotatable bonds is 3. The van der Waals surface area contributed by atoms with Gasteiger partial charge in [-0.1, -0.05) is 0 Å². The van der Waals surface area contributed by atoms with Crippen molar-refractivity contribution in [1.82, 2.24) is 4.98 Å². The predicted molar refractivity (Wildman–Crippen MR) is 87.3 cm³/mol. The summed E-state index contributed by atoms with van der Waals surface area (Å²) < 4.78 is 0. The molecule has 20 heavy (non-hydrogen) atoms. The Labute approximate surface area is 122 Å². The summed E-state index contributed by atoms with van der Waals surface area (Å²) in [6.07, 6.45) is 1.81. The molecule has 0 radical (unpaired) electrons. The van der Waals surface area contributed by atoms with E-state index in [4.69, 9.17) is 5.73 Å². The molecule has 0 spiro atoms. The van der Waals surface area contributed by atoms with Gasteiger partial charge in [-0.05, 0) is 49.7 Å². The van der Waals surface area contributed by atoms with Crippen LogP contribution >= 0.6 is 11.3 Å². The Hall–Kier alpha value is -2.07. The molecule has 0 fully saturated rings. The van der Waals surface area contributed by atoms with Crippen LogP contribution in [0.5, 0.6) is 0 Å². The number of hydrogen-bond donors (Lipinski definition) is 2. The number of benzene rings is 1. The van der Waals surface area contributed by atoms with Crippen molar-refractivity contribution in [2.75, 3.05) is 11.1 Å². The van der Waals surface area contributed by atoms with E-state index in [0.717, 1.165) is 28.8 Å². The molecule has 3 nitrogen and oxygen atoms in total. The van der Waals surface area contributed by atoms with E-state index in [-0.39, 0.29) is 0 Å². The summed E-state index contributed by atoms with van der Waals surface area (Å²) in [4.78, 5) is 7.09. The maximum Gasteiger partial charge on any atom is 0.0743 e. The number of aryl methyl sites for hydroxylation is 2. The van der Waals surface area contributed by atoms with Crippen molar-refractivity contribution in [3.8, 4) is 0 Å². The van der Waals surface area contributed by atoms with Gasteiger partial charge in [-0.15, -0.1) is 11.3 Å². The van der Waals surface area contributed by atoms with Gasteiger partial charge in [0.1, 0.15) is 0 Å². The SMILES string of the molecule is Cc1cc(CNc2ccnc3cc(N)ccc23)sc1C. The molecule has 0 bridgehead atoms. The second kappa shape index (κ2) is 5.13. The van der Waals surface area contributed by atoms with E-state index in [9.17, 15) is 0 Å². The van der Waals surface area contributed by atoms with Crippen LogP contribution in [0.4, 0.5) is 11.4 Å². The lowest BCUT2D eigenvalue weighted by Crippen LogP contribution is -1.99. The highest BCUT2D eigenvalue weighted by molar-refractivity contribution is 7.12. The minimum Gasteiger partial charge on any atom is -0.399 e. The van der Waals surface area contributed by atoms with Crippen LogP contribution < -0.4 is 11.1 Å². The van der Waals surface area contributed by atoms with Gasteiger partial charge < -0.3 is 11.1 Å². The fraction of sp³-hybridized carbons (Fsp3) is 0.188. The van der Waals surface area contributed by atoms with Crippen molar-refractivity contribution in [2.24, 2.45) is 0 Å². The van der Waals surface area contributed by atoms with Gasteiger partial charge in [-0.25, -0.2) is 0 Å². The van der Waals surface area contributed by atoms with Crippen LogP contribution in [0.25, 0.3) is 10.9 Å². The van der Waals surface area contributed by atoms with Crippen molar-refractivity contribution in [3.05, 3.63) is 51.8 Å². The van der Waals surface area contributed by atoms with E-state index < -0.39 is 0 Å². The summed E-state index contributed by atoms with van der Waals surface area (Å²) in [5.74, 6) is 0. The number of nitrogens with two attached hydrogens (primary N) is 1. The van der Waals surface area contributed by atoms with E-state index in [1.54, 1.807) is 0 Å². The molecule has 3 rings (SSSR count). The zero-order chi connectivity index (χ0) is 14.1. The van der Waals surface area contributed by atoms with E-state index in [2.05, 4.69) is 30.2 Å². The number of hydrogen-bond acceptors (Lipinski definition) is 4. The van der Waals surface area contributed by atoms with E-state index in [0.29, 0.717) is 0 Å². The molecular weight excluding hydrogens is 266 g/mol. The molecular formula is C16H17N3S. The average molecular weight is 283 g/mol. The molecule has 0 saturated carbocycles. The first-order valence-electron chi connectivity index (χ1n) is 6.57. The van der Waals surface area contributed by atoms with Crippen molar-refractivity contribution >= 4 is 33.6 Å². The van der Waals surface area contributed by atoms with Crippen molar-refractivity contribution in [1.29, 1.82) is 0 Å². The highest BCUT2D eigenvalue weighted by Gasteiger charge is 2.04. The largest absolute Gasteiger partial charge is 0.399 e. The molecule has 3 N–H and O–H groups in total. The van der Waals surface area contributed by atoms with Gasteiger partial charge in [-0.3, -0.25) is 4.98 Å². The molecule has 0 aliphatic heterocycles. The lowest BCUT2D eigenvalue weighted by atomic mass is 10.1. The van der Waals surface area contributed by atoms with E-state index >= 15 is 0 Å². The molecule has 0 aliphatic rings. The molecule has 0 saturated heterocycles. The zero-order valence-electron chi connectivity index (χ0n) is 11.6. The molecule has 102 valence electrons. The average Bonchev–Trinajstić information content (AvgIpc) is 2.75. The zero-order valence-corrected chi connectivity index (χ0v) is 12.4. The standard InChI is InChI=1S/C16H17N3S/c1-10-7-13(20-11(10)2)9-19-15-5-6-18-16-8-12(17)3-4-14(15)16/h3-8H,9,17H2,1-2H3,(H,18,19). The molecule has 1 aromatic carbocycles. The monoisotopic (exact) mass is 283 g/mol. The van der Waals surface area contributed by atoms with Crippen LogP contribution in [0.1, 0.15) is 15.3 Å². The maximum atomic E-state index is 5.80. The first kappa shape index (κ1) is 12.9. The summed E-state index contributed by atoms with van der Waals surface area (Å²) in [5, 5.41) is 4.60. The van der Waals surface area contributed by atoms with Gasteiger partial charge in [0.15, 0.2) is 0 Å². The number of pyridine rings is 1. The highest BCUT2D eigenvalue weighted by Crippen LogP contribution is 2.26. The molecule has 2 heterocycles. The molecule has 0 aliphatic carbocycles. The van der Waals surface area contributed by atoms with Gasteiger partial charge in [0.25, 0.3) is 0 Å². The number of anilines is 2. The van der Waals surface area contributed by atoms with Gasteiger partial charge in [-0.2, -0.15) is 0 Å². The molecule has 4 heteroatoms. The number of aromatic nitrogens is 1. The molecule has 0 atom stereocenters. The summed E-state index contributed by atoms with van der Waals surface area (Å²) in [6, 6.07) is 10.1. The smallest absolute Gasteiger partial charge is 0.0743 e. The number of nitrogens with zero attached hydrogens (tertiary/aromatic N) is 1. The molecule has 0 amide bonds. The van der Waals surface area contributed by atoms with Gasteiger partial charge in [0.2, 0.25) is 0 Å².